The summed E-state index contributed by atoms with van der Waals surface area (Å²) in [6.07, 6.45) is 5.04. The maximum atomic E-state index is 12.2. The molecule has 0 bridgehead atoms. The molecule has 5 nitrogen and oxygen atoms in total. The highest BCUT2D eigenvalue weighted by Gasteiger charge is 2.30. The Bertz CT molecular complexity index is 874. The van der Waals surface area contributed by atoms with Gasteiger partial charge in [0.1, 0.15) is 12.4 Å². The molecule has 28 heavy (non-hydrogen) atoms. The largest absolute Gasteiger partial charge is 0.490 e. The molecule has 1 fully saturated rings. The first-order valence-electron chi connectivity index (χ1n) is 9.18. The van der Waals surface area contributed by atoms with Gasteiger partial charge >= 0.3 is 0 Å². The van der Waals surface area contributed by atoms with E-state index in [4.69, 9.17) is 4.74 Å². The van der Waals surface area contributed by atoms with Crippen LogP contribution in [0.2, 0.25) is 0 Å². The summed E-state index contributed by atoms with van der Waals surface area (Å²) in [5.41, 5.74) is 3.34. The molecule has 2 aromatic carbocycles. The standard InChI is InChI=1S/C22H23N3O2S/c1-3-13-27-19-11-9-18(10-12-19)15-23-25-22-24-21(26)20(28-22)14-17-7-5-16(4-2)6-8-17/h3,5-12,15,20H,1,4,13-14H2,2H3,(H,24,25,26)/b23-15-/t20-/m1/s1. The van der Waals surface area contributed by atoms with Gasteiger partial charge in [-0.15, -0.1) is 5.10 Å². The number of nitrogens with zero attached hydrogens (tertiary/aromatic N) is 2. The van der Waals surface area contributed by atoms with Crippen molar-refractivity contribution in [2.75, 3.05) is 6.61 Å². The zero-order valence-corrected chi connectivity index (χ0v) is 16.6. The minimum atomic E-state index is -0.178. The molecule has 1 saturated heterocycles. The number of carbonyl (C=O) groups excluding carboxylic acids is 1. The maximum Gasteiger partial charge on any atom is 0.239 e. The van der Waals surface area contributed by atoms with Crippen molar-refractivity contribution in [3.05, 3.63) is 77.9 Å². The van der Waals surface area contributed by atoms with E-state index in [-0.39, 0.29) is 11.2 Å². The Labute approximate surface area is 169 Å². The van der Waals surface area contributed by atoms with Gasteiger partial charge in [-0.2, -0.15) is 5.10 Å². The molecule has 3 rings (SSSR count). The third-order valence-electron chi connectivity index (χ3n) is 4.23. The minimum absolute atomic E-state index is 0.0257. The van der Waals surface area contributed by atoms with Crippen molar-refractivity contribution in [1.82, 2.24) is 5.32 Å². The van der Waals surface area contributed by atoms with Crippen LogP contribution in [-0.2, 0) is 17.6 Å². The van der Waals surface area contributed by atoms with E-state index in [1.165, 1.54) is 17.3 Å². The molecule has 0 aromatic heterocycles. The molecular weight excluding hydrogens is 370 g/mol. The van der Waals surface area contributed by atoms with Crippen molar-refractivity contribution in [3.63, 3.8) is 0 Å². The molecule has 1 heterocycles. The van der Waals surface area contributed by atoms with Crippen LogP contribution in [0, 0.1) is 0 Å². The molecule has 0 radical (unpaired) electrons. The number of amidine groups is 1. The molecule has 0 spiro atoms. The van der Waals surface area contributed by atoms with Gasteiger partial charge in [-0.05, 0) is 53.8 Å². The second-order valence-electron chi connectivity index (χ2n) is 6.29. The number of rotatable bonds is 8. The normalized spacial score (nSPS) is 17.8. The zero-order chi connectivity index (χ0) is 19.8. The Morgan fingerprint density at radius 2 is 1.86 bits per heavy atom. The Morgan fingerprint density at radius 3 is 2.54 bits per heavy atom. The van der Waals surface area contributed by atoms with Crippen molar-refractivity contribution in [2.45, 2.75) is 25.0 Å². The lowest BCUT2D eigenvalue weighted by atomic mass is 10.1. The van der Waals surface area contributed by atoms with Gasteiger partial charge in [-0.1, -0.05) is 55.6 Å². The smallest absolute Gasteiger partial charge is 0.239 e. The Morgan fingerprint density at radius 1 is 1.14 bits per heavy atom. The Hall–Kier alpha value is -2.86. The first-order valence-corrected chi connectivity index (χ1v) is 10.1. The van der Waals surface area contributed by atoms with Crippen LogP contribution in [-0.4, -0.2) is 29.1 Å². The first-order chi connectivity index (χ1) is 13.7. The summed E-state index contributed by atoms with van der Waals surface area (Å²) in [7, 11) is 0. The van der Waals surface area contributed by atoms with Crippen molar-refractivity contribution >= 4 is 29.1 Å². The topological polar surface area (TPSA) is 63.1 Å². The first kappa shape index (κ1) is 19.9. The van der Waals surface area contributed by atoms with Crippen LogP contribution in [0.1, 0.15) is 23.6 Å². The average molecular weight is 394 g/mol. The average Bonchev–Trinajstić information content (AvgIpc) is 3.07. The molecule has 0 unspecified atom stereocenters. The maximum absolute atomic E-state index is 12.2. The lowest BCUT2D eigenvalue weighted by molar-refractivity contribution is -0.118. The monoisotopic (exact) mass is 393 g/mol. The summed E-state index contributed by atoms with van der Waals surface area (Å²) in [4.78, 5) is 12.2. The lowest BCUT2D eigenvalue weighted by Crippen LogP contribution is -2.25. The molecule has 1 aliphatic heterocycles. The Kier molecular flexibility index (Phi) is 7.03. The number of carbonyl (C=O) groups is 1. The van der Waals surface area contributed by atoms with Gasteiger partial charge in [0.25, 0.3) is 0 Å². The molecule has 0 saturated carbocycles. The number of nitrogens with one attached hydrogen (secondary N) is 1. The number of hydrogen-bond donors (Lipinski definition) is 1. The molecule has 1 N–H and O–H groups in total. The fraction of sp³-hybridized carbons (Fsp3) is 0.227. The Balaban J connectivity index is 1.55. The van der Waals surface area contributed by atoms with Crippen LogP contribution in [0.5, 0.6) is 5.75 Å². The summed E-state index contributed by atoms with van der Waals surface area (Å²) < 4.78 is 5.44. The quantitative estimate of drug-likeness (QED) is 0.419. The van der Waals surface area contributed by atoms with E-state index in [1.807, 2.05) is 24.3 Å². The highest BCUT2D eigenvalue weighted by atomic mass is 32.2. The fourth-order valence-corrected chi connectivity index (χ4v) is 3.63. The van der Waals surface area contributed by atoms with E-state index in [0.717, 1.165) is 23.3 Å². The zero-order valence-electron chi connectivity index (χ0n) is 15.8. The van der Waals surface area contributed by atoms with Crippen LogP contribution in [0.25, 0.3) is 0 Å². The van der Waals surface area contributed by atoms with Crippen LogP contribution in [0.4, 0.5) is 0 Å². The summed E-state index contributed by atoms with van der Waals surface area (Å²) in [5.74, 6) is 0.749. The van der Waals surface area contributed by atoms with E-state index in [2.05, 4.69) is 53.3 Å². The van der Waals surface area contributed by atoms with Gasteiger partial charge in [-0.25, -0.2) is 0 Å². The van der Waals surface area contributed by atoms with Gasteiger partial charge in [0.05, 0.1) is 11.5 Å². The molecule has 144 valence electrons. The number of amides is 1. The van der Waals surface area contributed by atoms with Gasteiger partial charge in [0.2, 0.25) is 5.91 Å². The third kappa shape index (κ3) is 5.57. The molecule has 0 aliphatic carbocycles. The predicted molar refractivity (Wildman–Crippen MR) is 116 cm³/mol. The second kappa shape index (κ2) is 9.90. The molecule has 1 atom stereocenters. The van der Waals surface area contributed by atoms with Crippen LogP contribution in [0.15, 0.2) is 71.4 Å². The number of hydrogen-bond acceptors (Lipinski definition) is 5. The summed E-state index contributed by atoms with van der Waals surface area (Å²) in [6, 6.07) is 15.9. The minimum Gasteiger partial charge on any atom is -0.490 e. The van der Waals surface area contributed by atoms with Gasteiger partial charge in [-0.3, -0.25) is 4.79 Å². The highest BCUT2D eigenvalue weighted by molar-refractivity contribution is 8.15. The van der Waals surface area contributed by atoms with E-state index in [9.17, 15) is 4.79 Å². The molecule has 1 amide bonds. The van der Waals surface area contributed by atoms with Gasteiger partial charge < -0.3 is 10.1 Å². The lowest BCUT2D eigenvalue weighted by Gasteiger charge is -2.06. The number of benzene rings is 2. The van der Waals surface area contributed by atoms with E-state index < -0.39 is 0 Å². The fourth-order valence-electron chi connectivity index (χ4n) is 2.66. The van der Waals surface area contributed by atoms with Crippen LogP contribution < -0.4 is 10.1 Å². The van der Waals surface area contributed by atoms with Crippen LogP contribution in [0.3, 0.4) is 0 Å². The van der Waals surface area contributed by atoms with Crippen molar-refractivity contribution in [3.8, 4) is 5.75 Å². The van der Waals surface area contributed by atoms with E-state index in [1.54, 1.807) is 12.3 Å². The number of ether oxygens (including phenoxy) is 1. The van der Waals surface area contributed by atoms with Crippen LogP contribution >= 0.6 is 11.8 Å². The summed E-state index contributed by atoms with van der Waals surface area (Å²) in [6.45, 7) is 6.22. The third-order valence-corrected chi connectivity index (χ3v) is 5.30. The van der Waals surface area contributed by atoms with Crippen molar-refractivity contribution in [2.24, 2.45) is 10.2 Å². The van der Waals surface area contributed by atoms with E-state index in [0.29, 0.717) is 18.2 Å². The SMILES string of the molecule is C=CCOc1ccc(/C=N\N=C2\NC(=O)[C@@H](Cc3ccc(CC)cc3)S2)cc1. The van der Waals surface area contributed by atoms with Gasteiger partial charge in [0, 0.05) is 0 Å². The molecule has 6 heteroatoms. The van der Waals surface area contributed by atoms with E-state index >= 15 is 0 Å². The molecule has 2 aromatic rings. The highest BCUT2D eigenvalue weighted by Crippen LogP contribution is 2.23. The van der Waals surface area contributed by atoms with Crippen molar-refractivity contribution < 1.29 is 9.53 Å². The summed E-state index contributed by atoms with van der Waals surface area (Å²) in [5, 5.41) is 11.4. The molecule has 1 aliphatic rings. The summed E-state index contributed by atoms with van der Waals surface area (Å²) >= 11 is 1.42. The molecular formula is C22H23N3O2S. The van der Waals surface area contributed by atoms with Gasteiger partial charge in [0.15, 0.2) is 5.17 Å². The second-order valence-corrected chi connectivity index (χ2v) is 7.48. The number of aryl methyl sites for hydroxylation is 1. The number of thioether (sulfide) groups is 1. The van der Waals surface area contributed by atoms with Crippen molar-refractivity contribution in [1.29, 1.82) is 0 Å². The predicted octanol–water partition coefficient (Wildman–Crippen LogP) is 3.98.